The van der Waals surface area contributed by atoms with Gasteiger partial charge in [-0.15, -0.1) is 6.58 Å². The third-order valence-corrected chi connectivity index (χ3v) is 3.65. The van der Waals surface area contributed by atoms with Crippen LogP contribution in [-0.4, -0.2) is 10.1 Å². The summed E-state index contributed by atoms with van der Waals surface area (Å²) in [5.41, 5.74) is 3.02. The molecule has 2 N–H and O–H groups in total. The topological polar surface area (TPSA) is 53.1 Å². The number of fused-ring (bicyclic) bond motifs is 1. The van der Waals surface area contributed by atoms with Crippen LogP contribution >= 0.6 is 0 Å². The third kappa shape index (κ3) is 2.16. The predicted octanol–water partition coefficient (Wildman–Crippen LogP) is 3.53. The molecule has 0 aliphatic heterocycles. The van der Waals surface area contributed by atoms with Gasteiger partial charge in [-0.1, -0.05) is 13.0 Å². The van der Waals surface area contributed by atoms with E-state index in [9.17, 15) is 9.90 Å². The summed E-state index contributed by atoms with van der Waals surface area (Å²) < 4.78 is 0. The summed E-state index contributed by atoms with van der Waals surface area (Å²) in [6.07, 6.45) is 2.73. The Hall–Kier alpha value is -2.03. The molecule has 100 valence electrons. The molecule has 0 saturated heterocycles. The van der Waals surface area contributed by atoms with E-state index < -0.39 is 0 Å². The van der Waals surface area contributed by atoms with Gasteiger partial charge in [0.05, 0.1) is 5.52 Å². The van der Waals surface area contributed by atoms with Crippen molar-refractivity contribution in [3.63, 3.8) is 0 Å². The van der Waals surface area contributed by atoms with Crippen LogP contribution in [0.4, 0.5) is 0 Å². The third-order valence-electron chi connectivity index (χ3n) is 3.65. The second-order valence-corrected chi connectivity index (χ2v) is 4.95. The molecule has 1 aromatic heterocycles. The number of allylic oxidation sites excluding steroid dienone is 1. The summed E-state index contributed by atoms with van der Waals surface area (Å²) in [6, 6.07) is 3.68. The lowest BCUT2D eigenvalue weighted by Crippen LogP contribution is -2.10. The maximum Gasteiger partial charge on any atom is 0.251 e. The number of aromatic hydroxyl groups is 1. The lowest BCUT2D eigenvalue weighted by molar-refractivity contribution is 0.471. The van der Waals surface area contributed by atoms with Gasteiger partial charge in [-0.2, -0.15) is 0 Å². The first-order valence-corrected chi connectivity index (χ1v) is 6.48. The molecule has 0 radical (unpaired) electrons. The van der Waals surface area contributed by atoms with Crippen LogP contribution in [-0.2, 0) is 0 Å². The van der Waals surface area contributed by atoms with E-state index in [0.29, 0.717) is 16.5 Å². The highest BCUT2D eigenvalue weighted by Crippen LogP contribution is 2.36. The first-order chi connectivity index (χ1) is 8.99. The van der Waals surface area contributed by atoms with Gasteiger partial charge < -0.3 is 10.1 Å². The van der Waals surface area contributed by atoms with Gasteiger partial charge in [0.25, 0.3) is 5.56 Å². The van der Waals surface area contributed by atoms with Crippen molar-refractivity contribution in [2.45, 2.75) is 33.1 Å². The van der Waals surface area contributed by atoms with Crippen molar-refractivity contribution in [1.82, 2.24) is 4.98 Å². The van der Waals surface area contributed by atoms with Crippen LogP contribution in [0.25, 0.3) is 10.9 Å². The summed E-state index contributed by atoms with van der Waals surface area (Å²) in [5, 5.41) is 11.2. The van der Waals surface area contributed by atoms with E-state index in [4.69, 9.17) is 0 Å². The van der Waals surface area contributed by atoms with Crippen LogP contribution in [0.5, 0.6) is 5.75 Å². The van der Waals surface area contributed by atoms with Crippen molar-refractivity contribution >= 4 is 10.9 Å². The van der Waals surface area contributed by atoms with E-state index in [0.717, 1.165) is 17.5 Å². The molecule has 0 bridgehead atoms. The van der Waals surface area contributed by atoms with Crippen LogP contribution in [0.2, 0.25) is 0 Å². The summed E-state index contributed by atoms with van der Waals surface area (Å²) in [7, 11) is 0. The number of hydrogen-bond donors (Lipinski definition) is 2. The Morgan fingerprint density at radius 1 is 1.37 bits per heavy atom. The fraction of sp³-hybridized carbons (Fsp3) is 0.312. The molecule has 0 spiro atoms. The zero-order valence-corrected chi connectivity index (χ0v) is 11.6. The van der Waals surface area contributed by atoms with Crippen LogP contribution in [0.1, 0.15) is 36.0 Å². The number of aromatic nitrogens is 1. The zero-order chi connectivity index (χ0) is 14.2. The van der Waals surface area contributed by atoms with Gasteiger partial charge in [-0.25, -0.2) is 0 Å². The number of rotatable bonds is 3. The molecule has 1 atom stereocenters. The number of phenols is 1. The molecule has 1 heterocycles. The van der Waals surface area contributed by atoms with Gasteiger partial charge in [0, 0.05) is 22.4 Å². The Kier molecular flexibility index (Phi) is 3.47. The van der Waals surface area contributed by atoms with Gasteiger partial charge in [0.15, 0.2) is 0 Å². The molecule has 0 aliphatic carbocycles. The molecule has 19 heavy (non-hydrogen) atoms. The molecule has 0 aliphatic rings. The lowest BCUT2D eigenvalue weighted by atomic mass is 9.92. The average molecular weight is 257 g/mol. The van der Waals surface area contributed by atoms with E-state index >= 15 is 0 Å². The quantitative estimate of drug-likeness (QED) is 0.826. The molecular formula is C16H19NO2. The average Bonchev–Trinajstić information content (AvgIpc) is 2.39. The maximum atomic E-state index is 11.7. The predicted molar refractivity (Wildman–Crippen MR) is 78.9 cm³/mol. The minimum atomic E-state index is -0.112. The maximum absolute atomic E-state index is 11.7. The van der Waals surface area contributed by atoms with E-state index in [2.05, 4.69) is 18.5 Å². The summed E-state index contributed by atoms with van der Waals surface area (Å²) in [5.74, 6) is 0.363. The molecule has 3 heteroatoms. The molecule has 2 rings (SSSR count). The standard InChI is InChI=1S/C16H19NO2/c1-5-11(6-2)12-7-9(3)14-13(15(12)18)8-10(4)16(19)17-14/h5,7-8,11,18H,1,6H2,2-4H3,(H,17,19). The normalized spacial score (nSPS) is 12.6. The fourth-order valence-corrected chi connectivity index (χ4v) is 2.46. The number of aryl methyl sites for hydroxylation is 2. The van der Waals surface area contributed by atoms with Crippen molar-refractivity contribution in [3.8, 4) is 5.75 Å². The number of benzene rings is 1. The van der Waals surface area contributed by atoms with Crippen molar-refractivity contribution in [2.75, 3.05) is 0 Å². The zero-order valence-electron chi connectivity index (χ0n) is 11.6. The summed E-state index contributed by atoms with van der Waals surface area (Å²) in [6.45, 7) is 9.56. The highest BCUT2D eigenvalue weighted by Gasteiger charge is 2.16. The smallest absolute Gasteiger partial charge is 0.251 e. The second-order valence-electron chi connectivity index (χ2n) is 4.95. The second kappa shape index (κ2) is 4.92. The number of phenolic OH excluding ortho intramolecular Hbond substituents is 1. The van der Waals surface area contributed by atoms with Gasteiger partial charge in [0.1, 0.15) is 5.75 Å². The summed E-state index contributed by atoms with van der Waals surface area (Å²) in [4.78, 5) is 14.5. The minimum Gasteiger partial charge on any atom is -0.507 e. The van der Waals surface area contributed by atoms with E-state index in [1.54, 1.807) is 13.0 Å². The van der Waals surface area contributed by atoms with Crippen LogP contribution in [0.15, 0.2) is 29.6 Å². The van der Waals surface area contributed by atoms with Gasteiger partial charge in [-0.3, -0.25) is 4.79 Å². The molecule has 3 nitrogen and oxygen atoms in total. The van der Waals surface area contributed by atoms with Crippen LogP contribution in [0, 0.1) is 13.8 Å². The van der Waals surface area contributed by atoms with Crippen molar-refractivity contribution in [2.24, 2.45) is 0 Å². The van der Waals surface area contributed by atoms with Crippen molar-refractivity contribution < 1.29 is 5.11 Å². The molecule has 1 aromatic carbocycles. The van der Waals surface area contributed by atoms with Crippen LogP contribution in [0.3, 0.4) is 0 Å². The summed E-state index contributed by atoms with van der Waals surface area (Å²) >= 11 is 0. The van der Waals surface area contributed by atoms with Gasteiger partial charge >= 0.3 is 0 Å². The molecular weight excluding hydrogens is 238 g/mol. The lowest BCUT2D eigenvalue weighted by Gasteiger charge is -2.16. The first kappa shape index (κ1) is 13.4. The Morgan fingerprint density at radius 2 is 2.05 bits per heavy atom. The number of aromatic amines is 1. The van der Waals surface area contributed by atoms with Crippen molar-refractivity contribution in [1.29, 1.82) is 0 Å². The van der Waals surface area contributed by atoms with Gasteiger partial charge in [-0.05, 0) is 38.0 Å². The minimum absolute atomic E-state index is 0.112. The molecule has 0 fully saturated rings. The highest BCUT2D eigenvalue weighted by molar-refractivity contribution is 5.89. The fourth-order valence-electron chi connectivity index (χ4n) is 2.46. The molecule has 1 unspecified atom stereocenters. The number of nitrogens with one attached hydrogen (secondary N) is 1. The van der Waals surface area contributed by atoms with E-state index in [-0.39, 0.29) is 17.2 Å². The Bertz CT molecular complexity index is 698. The molecule has 0 saturated carbocycles. The Balaban J connectivity index is 2.85. The Labute approximate surface area is 112 Å². The molecule has 0 amide bonds. The van der Waals surface area contributed by atoms with Gasteiger partial charge in [0.2, 0.25) is 0 Å². The number of hydrogen-bond acceptors (Lipinski definition) is 2. The van der Waals surface area contributed by atoms with Crippen molar-refractivity contribution in [3.05, 3.63) is 51.8 Å². The monoisotopic (exact) mass is 257 g/mol. The van der Waals surface area contributed by atoms with Crippen LogP contribution < -0.4 is 5.56 Å². The molecule has 2 aromatic rings. The van der Waals surface area contributed by atoms with E-state index in [1.807, 2.05) is 19.1 Å². The van der Waals surface area contributed by atoms with E-state index in [1.165, 1.54) is 0 Å². The first-order valence-electron chi connectivity index (χ1n) is 6.48. The number of H-pyrrole nitrogens is 1. The highest BCUT2D eigenvalue weighted by atomic mass is 16.3. The number of pyridine rings is 1. The SMILES string of the molecule is C=CC(CC)c1cc(C)c2[nH]c(=O)c(C)cc2c1O. The largest absolute Gasteiger partial charge is 0.507 e. The Morgan fingerprint density at radius 3 is 2.63 bits per heavy atom.